The van der Waals surface area contributed by atoms with Crippen molar-refractivity contribution in [1.82, 2.24) is 24.1 Å². The highest BCUT2D eigenvalue weighted by molar-refractivity contribution is 6.26. The lowest BCUT2D eigenvalue weighted by Gasteiger charge is -2.21. The van der Waals surface area contributed by atoms with Crippen LogP contribution in [0.3, 0.4) is 0 Å². The molecule has 0 atom stereocenters. The zero-order chi connectivity index (χ0) is 49.0. The highest BCUT2D eigenvalue weighted by Crippen LogP contribution is 2.47. The summed E-state index contributed by atoms with van der Waals surface area (Å²) in [5.41, 5.74) is 18.3. The van der Waals surface area contributed by atoms with Gasteiger partial charge in [0.25, 0.3) is 0 Å². The minimum Gasteiger partial charge on any atom is -0.309 e. The van der Waals surface area contributed by atoms with Crippen molar-refractivity contribution in [3.63, 3.8) is 0 Å². The molecule has 0 bridgehead atoms. The van der Waals surface area contributed by atoms with E-state index in [4.69, 9.17) is 15.0 Å². The number of hydrogen-bond acceptors (Lipinski definition) is 3. The van der Waals surface area contributed by atoms with E-state index in [0.717, 1.165) is 83.6 Å². The summed E-state index contributed by atoms with van der Waals surface area (Å²) in [7, 11) is 0. The molecule has 0 aliphatic rings. The summed E-state index contributed by atoms with van der Waals surface area (Å²) in [5, 5.41) is 4.81. The zero-order valence-electron chi connectivity index (χ0n) is 40.2. The van der Waals surface area contributed by atoms with Gasteiger partial charge in [-0.25, -0.2) is 15.0 Å². The lowest BCUT2D eigenvalue weighted by molar-refractivity contribution is 1.07. The summed E-state index contributed by atoms with van der Waals surface area (Å²) in [6, 6.07) is 97.1. The van der Waals surface area contributed by atoms with Gasteiger partial charge >= 0.3 is 0 Å². The van der Waals surface area contributed by atoms with E-state index in [1.165, 1.54) is 32.6 Å². The molecule has 14 rings (SSSR count). The molecule has 0 N–H and O–H groups in total. The van der Waals surface area contributed by atoms with Crippen LogP contribution >= 0.6 is 0 Å². The number of rotatable bonds is 9. The van der Waals surface area contributed by atoms with Crippen LogP contribution in [0.15, 0.2) is 273 Å². The molecular formula is C69H45N5. The van der Waals surface area contributed by atoms with E-state index in [2.05, 4.69) is 270 Å². The Morgan fingerprint density at radius 1 is 0.243 bits per heavy atom. The highest BCUT2D eigenvalue weighted by Gasteiger charge is 2.26. The van der Waals surface area contributed by atoms with Gasteiger partial charge in [-0.2, -0.15) is 0 Å². The molecule has 0 spiro atoms. The average Bonchev–Trinajstić information content (AvgIpc) is 4.03. The van der Waals surface area contributed by atoms with Gasteiger partial charge in [0.1, 0.15) is 0 Å². The molecule has 14 aromatic rings. The lowest BCUT2D eigenvalue weighted by Crippen LogP contribution is -2.04. The first kappa shape index (κ1) is 42.9. The van der Waals surface area contributed by atoms with Gasteiger partial charge in [0, 0.05) is 55.0 Å². The molecule has 0 aliphatic carbocycles. The Morgan fingerprint density at radius 2 is 0.622 bits per heavy atom. The molecule has 0 radical (unpaired) electrons. The van der Waals surface area contributed by atoms with Crippen LogP contribution in [0.2, 0.25) is 0 Å². The second-order valence-corrected chi connectivity index (χ2v) is 18.7. The first-order valence-electron chi connectivity index (χ1n) is 25.1. The van der Waals surface area contributed by atoms with Gasteiger partial charge in [0.2, 0.25) is 0 Å². The summed E-state index contributed by atoms with van der Waals surface area (Å²) in [5.74, 6) is 1.79. The molecule has 5 nitrogen and oxygen atoms in total. The third-order valence-electron chi connectivity index (χ3n) is 14.4. The number of aromatic nitrogens is 5. The minimum atomic E-state index is 0.585. The van der Waals surface area contributed by atoms with Gasteiger partial charge in [-0.3, -0.25) is 0 Å². The van der Waals surface area contributed by atoms with E-state index >= 15 is 0 Å². The number of nitrogens with zero attached hydrogens (tertiary/aromatic N) is 5. The maximum absolute atomic E-state index is 5.39. The predicted octanol–water partition coefficient (Wildman–Crippen LogP) is 17.7. The third kappa shape index (κ3) is 7.37. The van der Waals surface area contributed by atoms with E-state index in [1.54, 1.807) is 0 Å². The number of fused-ring (bicyclic) bond motifs is 7. The van der Waals surface area contributed by atoms with Crippen LogP contribution < -0.4 is 0 Å². The zero-order valence-corrected chi connectivity index (χ0v) is 40.2. The molecule has 0 fully saturated rings. The Hall–Kier alpha value is -9.97. The molecule has 3 heterocycles. The van der Waals surface area contributed by atoms with Crippen molar-refractivity contribution in [3.05, 3.63) is 273 Å². The number of benzene rings is 11. The van der Waals surface area contributed by atoms with Crippen LogP contribution in [0.4, 0.5) is 0 Å². The van der Waals surface area contributed by atoms with Gasteiger partial charge in [-0.05, 0) is 75.8 Å². The summed E-state index contributed by atoms with van der Waals surface area (Å²) in [6.07, 6.45) is 0. The van der Waals surface area contributed by atoms with Crippen LogP contribution in [0.1, 0.15) is 0 Å². The van der Waals surface area contributed by atoms with Crippen molar-refractivity contribution in [2.24, 2.45) is 0 Å². The van der Waals surface area contributed by atoms with Gasteiger partial charge in [0.05, 0.1) is 27.8 Å². The van der Waals surface area contributed by atoms with Crippen LogP contribution in [0.25, 0.3) is 134 Å². The maximum atomic E-state index is 5.39. The molecule has 74 heavy (non-hydrogen) atoms. The molecule has 0 unspecified atom stereocenters. The van der Waals surface area contributed by atoms with Crippen molar-refractivity contribution in [2.45, 2.75) is 0 Å². The monoisotopic (exact) mass is 943 g/mol. The van der Waals surface area contributed by atoms with Crippen molar-refractivity contribution >= 4 is 43.6 Å². The largest absolute Gasteiger partial charge is 0.309 e. The average molecular weight is 944 g/mol. The fourth-order valence-electron chi connectivity index (χ4n) is 10.9. The molecule has 0 saturated heterocycles. The quantitative estimate of drug-likeness (QED) is 0.145. The highest BCUT2D eigenvalue weighted by atomic mass is 15.0. The topological polar surface area (TPSA) is 48.5 Å². The van der Waals surface area contributed by atoms with Gasteiger partial charge in [-0.1, -0.05) is 231 Å². The molecular weight excluding hydrogens is 899 g/mol. The van der Waals surface area contributed by atoms with Crippen LogP contribution in [-0.2, 0) is 0 Å². The summed E-state index contributed by atoms with van der Waals surface area (Å²) >= 11 is 0. The first-order valence-corrected chi connectivity index (χ1v) is 25.1. The Labute approximate surface area is 428 Å². The van der Waals surface area contributed by atoms with Gasteiger partial charge in [0.15, 0.2) is 17.5 Å². The van der Waals surface area contributed by atoms with E-state index in [0.29, 0.717) is 17.5 Å². The van der Waals surface area contributed by atoms with E-state index < -0.39 is 0 Å². The Bertz CT molecular complexity index is 4190. The van der Waals surface area contributed by atoms with E-state index in [1.807, 2.05) is 12.1 Å². The SMILES string of the molecule is c1ccc(-c2ccc(-c3nc(-c4ccc(-c5ccccc5)cc4)nc(-c4cc(-c5ccccc5)c(-n5c6ccccc6c6c5ccc5c7ccccc7n(-c7ccccc7)c56)c(-c5ccccc5)c4)n3)cc2)cc1. The van der Waals surface area contributed by atoms with Crippen LogP contribution in [0, 0.1) is 0 Å². The molecule has 346 valence electrons. The van der Waals surface area contributed by atoms with Crippen LogP contribution in [0.5, 0.6) is 0 Å². The molecule has 0 aliphatic heterocycles. The summed E-state index contributed by atoms with van der Waals surface area (Å²) in [4.78, 5) is 16.0. The fourth-order valence-corrected chi connectivity index (χ4v) is 10.9. The van der Waals surface area contributed by atoms with Crippen molar-refractivity contribution < 1.29 is 0 Å². The van der Waals surface area contributed by atoms with Crippen LogP contribution in [-0.4, -0.2) is 24.1 Å². The molecule has 3 aromatic heterocycles. The second kappa shape index (κ2) is 18.0. The molecule has 0 saturated carbocycles. The third-order valence-corrected chi connectivity index (χ3v) is 14.4. The minimum absolute atomic E-state index is 0.585. The smallest absolute Gasteiger partial charge is 0.164 e. The van der Waals surface area contributed by atoms with E-state index in [-0.39, 0.29) is 0 Å². The Morgan fingerprint density at radius 3 is 1.12 bits per heavy atom. The molecule has 11 aromatic carbocycles. The van der Waals surface area contributed by atoms with Gasteiger partial charge < -0.3 is 9.13 Å². The predicted molar refractivity (Wildman–Crippen MR) is 307 cm³/mol. The fraction of sp³-hybridized carbons (Fsp3) is 0. The number of hydrogen-bond donors (Lipinski definition) is 0. The van der Waals surface area contributed by atoms with Crippen molar-refractivity contribution in [3.8, 4) is 90.0 Å². The molecule has 5 heteroatoms. The second-order valence-electron chi connectivity index (χ2n) is 18.7. The first-order chi connectivity index (χ1) is 36.7. The summed E-state index contributed by atoms with van der Waals surface area (Å²) in [6.45, 7) is 0. The lowest BCUT2D eigenvalue weighted by atomic mass is 9.92. The summed E-state index contributed by atoms with van der Waals surface area (Å²) < 4.78 is 4.95. The van der Waals surface area contributed by atoms with Gasteiger partial charge in [-0.15, -0.1) is 0 Å². The number of para-hydroxylation sites is 3. The normalized spacial score (nSPS) is 11.5. The Balaban J connectivity index is 1.04. The van der Waals surface area contributed by atoms with E-state index in [9.17, 15) is 0 Å². The standard InChI is InChI=1S/C69H45N5/c1-6-20-46(21-7-1)48-34-38-52(39-35-48)67-70-68(53-40-36-49(37-41-53)47-22-8-2-9-23-47)72-69(71-67)54-44-59(50-24-10-3-11-25-50)65(60(45-54)51-26-12-4-13-27-51)74-62-33-19-17-31-58(62)64-63(74)43-42-57-56-30-16-18-32-61(56)73(66(57)64)55-28-14-5-15-29-55/h1-45H. The van der Waals surface area contributed by atoms with Crippen molar-refractivity contribution in [2.75, 3.05) is 0 Å². The molecule has 0 amide bonds. The Kier molecular flexibility index (Phi) is 10.4. The van der Waals surface area contributed by atoms with Crippen molar-refractivity contribution in [1.29, 1.82) is 0 Å². The maximum Gasteiger partial charge on any atom is 0.164 e.